The van der Waals surface area contributed by atoms with Crippen LogP contribution in [0.2, 0.25) is 0 Å². The normalized spacial score (nSPS) is 17.7. The minimum absolute atomic E-state index is 0.141. The number of hydrogen-bond donors (Lipinski definition) is 2. The minimum Gasteiger partial charge on any atom is -0.357 e. The summed E-state index contributed by atoms with van der Waals surface area (Å²) >= 11 is 0. The van der Waals surface area contributed by atoms with Gasteiger partial charge in [-0.3, -0.25) is 4.90 Å². The van der Waals surface area contributed by atoms with Gasteiger partial charge in [-0.2, -0.15) is 4.98 Å². The highest BCUT2D eigenvalue weighted by Crippen LogP contribution is 2.11. The van der Waals surface area contributed by atoms with Crippen molar-refractivity contribution in [3.8, 4) is 0 Å². The Balaban J connectivity index is 1.82. The minimum atomic E-state index is -2.27. The number of halogens is 2. The third-order valence-electron chi connectivity index (χ3n) is 3.62. The van der Waals surface area contributed by atoms with Crippen LogP contribution in [0.4, 0.5) is 8.78 Å². The van der Waals surface area contributed by atoms with Crippen LogP contribution < -0.4 is 10.6 Å². The van der Waals surface area contributed by atoms with Crippen LogP contribution in [0.1, 0.15) is 31.5 Å². The first-order valence-electron chi connectivity index (χ1n) is 7.91. The van der Waals surface area contributed by atoms with Crippen LogP contribution in [-0.4, -0.2) is 59.6 Å². The third-order valence-corrected chi connectivity index (χ3v) is 3.62. The lowest BCUT2D eigenvalue weighted by Crippen LogP contribution is -2.49. The second-order valence-corrected chi connectivity index (χ2v) is 5.54. The smallest absolute Gasteiger partial charge is 0.251 e. The van der Waals surface area contributed by atoms with E-state index in [2.05, 4.69) is 25.8 Å². The summed E-state index contributed by atoms with van der Waals surface area (Å²) in [5.41, 5.74) is 0. The van der Waals surface area contributed by atoms with E-state index >= 15 is 0 Å². The molecule has 1 aromatic rings. The van der Waals surface area contributed by atoms with Crippen molar-refractivity contribution in [3.63, 3.8) is 0 Å². The second kappa shape index (κ2) is 8.76. The number of rotatable bonds is 6. The molecule has 9 heteroatoms. The highest BCUT2D eigenvalue weighted by atomic mass is 19.3. The average molecular weight is 330 g/mol. The number of guanidine groups is 1. The Bertz CT molecular complexity index is 499. The molecule has 0 unspecified atom stereocenters. The molecule has 7 nitrogen and oxygen atoms in total. The highest BCUT2D eigenvalue weighted by molar-refractivity contribution is 5.80. The van der Waals surface area contributed by atoms with Gasteiger partial charge >= 0.3 is 0 Å². The predicted octanol–water partition coefficient (Wildman–Crippen LogP) is 1.16. The number of aliphatic imine (C=N–C) groups is 1. The van der Waals surface area contributed by atoms with Gasteiger partial charge in [0.15, 0.2) is 11.8 Å². The fraction of sp³-hybridized carbons (Fsp3) is 0.786. The SMILES string of the molecule is CCNC(=NCc1noc(C)n1)NC1CCN(CC(F)F)CC1. The van der Waals surface area contributed by atoms with Crippen LogP contribution in [0.15, 0.2) is 9.52 Å². The topological polar surface area (TPSA) is 78.6 Å². The summed E-state index contributed by atoms with van der Waals surface area (Å²) < 4.78 is 29.7. The van der Waals surface area contributed by atoms with Crippen molar-refractivity contribution in [2.75, 3.05) is 26.2 Å². The van der Waals surface area contributed by atoms with E-state index in [-0.39, 0.29) is 12.6 Å². The van der Waals surface area contributed by atoms with E-state index in [0.29, 0.717) is 37.3 Å². The molecule has 2 heterocycles. The summed E-state index contributed by atoms with van der Waals surface area (Å²) in [5, 5.41) is 10.3. The Hall–Kier alpha value is -1.77. The first-order valence-corrected chi connectivity index (χ1v) is 7.91. The molecule has 0 amide bonds. The Morgan fingerprint density at radius 2 is 2.17 bits per heavy atom. The van der Waals surface area contributed by atoms with Crippen LogP contribution in [0.25, 0.3) is 0 Å². The predicted molar refractivity (Wildman–Crippen MR) is 82.5 cm³/mol. The molecule has 1 saturated heterocycles. The molecule has 0 aliphatic carbocycles. The van der Waals surface area contributed by atoms with Gasteiger partial charge in [-0.1, -0.05) is 5.16 Å². The maximum Gasteiger partial charge on any atom is 0.251 e. The summed E-state index contributed by atoms with van der Waals surface area (Å²) in [7, 11) is 0. The van der Waals surface area contributed by atoms with Gasteiger partial charge in [0.1, 0.15) is 6.54 Å². The zero-order valence-electron chi connectivity index (χ0n) is 13.6. The van der Waals surface area contributed by atoms with E-state index in [1.165, 1.54) is 0 Å². The van der Waals surface area contributed by atoms with E-state index in [0.717, 1.165) is 19.4 Å². The molecule has 0 atom stereocenters. The molecular formula is C14H24F2N6O. The summed E-state index contributed by atoms with van der Waals surface area (Å²) in [6.45, 7) is 5.99. The standard InChI is InChI=1S/C14H24F2N6O/c1-3-17-14(18-8-13-19-10(2)23-21-13)20-11-4-6-22(7-5-11)9-12(15)16/h11-12H,3-9H2,1-2H3,(H2,17,18,20). The lowest BCUT2D eigenvalue weighted by atomic mass is 10.1. The van der Waals surface area contributed by atoms with Crippen molar-refractivity contribution in [2.45, 2.75) is 45.7 Å². The summed E-state index contributed by atoms with van der Waals surface area (Å²) in [6.07, 6.45) is -0.631. The zero-order chi connectivity index (χ0) is 16.7. The molecule has 1 aromatic heterocycles. The number of aromatic nitrogens is 2. The van der Waals surface area contributed by atoms with Gasteiger partial charge < -0.3 is 15.2 Å². The van der Waals surface area contributed by atoms with Crippen molar-refractivity contribution in [3.05, 3.63) is 11.7 Å². The molecular weight excluding hydrogens is 306 g/mol. The zero-order valence-corrected chi connectivity index (χ0v) is 13.6. The van der Waals surface area contributed by atoms with Crippen LogP contribution in [-0.2, 0) is 6.54 Å². The van der Waals surface area contributed by atoms with Crippen molar-refractivity contribution < 1.29 is 13.3 Å². The van der Waals surface area contributed by atoms with Crippen molar-refractivity contribution in [1.29, 1.82) is 0 Å². The van der Waals surface area contributed by atoms with Crippen LogP contribution >= 0.6 is 0 Å². The third kappa shape index (κ3) is 6.09. The number of nitrogens with one attached hydrogen (secondary N) is 2. The fourth-order valence-corrected chi connectivity index (χ4v) is 2.52. The maximum absolute atomic E-state index is 12.4. The van der Waals surface area contributed by atoms with Crippen LogP contribution in [0.5, 0.6) is 0 Å². The van der Waals surface area contributed by atoms with Gasteiger partial charge in [-0.25, -0.2) is 13.8 Å². The van der Waals surface area contributed by atoms with Gasteiger partial charge in [-0.05, 0) is 19.8 Å². The molecule has 0 bridgehead atoms. The van der Waals surface area contributed by atoms with E-state index in [1.807, 2.05) is 6.92 Å². The fourth-order valence-electron chi connectivity index (χ4n) is 2.52. The number of nitrogens with zero attached hydrogens (tertiary/aromatic N) is 4. The second-order valence-electron chi connectivity index (χ2n) is 5.54. The Kier molecular flexibility index (Phi) is 6.69. The van der Waals surface area contributed by atoms with E-state index in [4.69, 9.17) is 4.52 Å². The molecule has 2 N–H and O–H groups in total. The molecule has 130 valence electrons. The number of likely N-dealkylation sites (tertiary alicyclic amines) is 1. The van der Waals surface area contributed by atoms with Crippen molar-refractivity contribution >= 4 is 5.96 Å². The Morgan fingerprint density at radius 1 is 1.43 bits per heavy atom. The highest BCUT2D eigenvalue weighted by Gasteiger charge is 2.21. The van der Waals surface area contributed by atoms with Gasteiger partial charge in [0.05, 0.1) is 6.54 Å². The first-order chi connectivity index (χ1) is 11.1. The summed E-state index contributed by atoms with van der Waals surface area (Å²) in [5.74, 6) is 1.73. The molecule has 0 saturated carbocycles. The van der Waals surface area contributed by atoms with Crippen LogP contribution in [0, 0.1) is 6.92 Å². The van der Waals surface area contributed by atoms with E-state index in [1.54, 1.807) is 11.8 Å². The Morgan fingerprint density at radius 3 is 2.74 bits per heavy atom. The van der Waals surface area contributed by atoms with Gasteiger partial charge in [0.2, 0.25) is 5.89 Å². The van der Waals surface area contributed by atoms with Crippen molar-refractivity contribution in [1.82, 2.24) is 25.7 Å². The molecule has 1 aliphatic heterocycles. The number of piperidine rings is 1. The van der Waals surface area contributed by atoms with E-state index < -0.39 is 6.43 Å². The van der Waals surface area contributed by atoms with Crippen molar-refractivity contribution in [2.24, 2.45) is 4.99 Å². The molecule has 0 radical (unpaired) electrons. The number of hydrogen-bond acceptors (Lipinski definition) is 5. The maximum atomic E-state index is 12.4. The quantitative estimate of drug-likeness (QED) is 0.602. The molecule has 23 heavy (non-hydrogen) atoms. The largest absolute Gasteiger partial charge is 0.357 e. The van der Waals surface area contributed by atoms with Gasteiger partial charge in [-0.15, -0.1) is 0 Å². The molecule has 0 aromatic carbocycles. The average Bonchev–Trinajstić information content (AvgIpc) is 2.92. The molecule has 1 aliphatic rings. The molecule has 2 rings (SSSR count). The monoisotopic (exact) mass is 330 g/mol. The summed E-state index contributed by atoms with van der Waals surface area (Å²) in [4.78, 5) is 10.3. The van der Waals surface area contributed by atoms with Gasteiger partial charge in [0, 0.05) is 32.6 Å². The first kappa shape index (κ1) is 17.6. The lowest BCUT2D eigenvalue weighted by Gasteiger charge is -2.32. The van der Waals surface area contributed by atoms with Crippen LogP contribution in [0.3, 0.4) is 0 Å². The Labute approximate surface area is 134 Å². The summed E-state index contributed by atoms with van der Waals surface area (Å²) in [6, 6.07) is 0.230. The lowest BCUT2D eigenvalue weighted by molar-refractivity contribution is 0.0744. The molecule has 1 fully saturated rings. The number of alkyl halides is 2. The van der Waals surface area contributed by atoms with E-state index in [9.17, 15) is 8.78 Å². The van der Waals surface area contributed by atoms with Gasteiger partial charge in [0.25, 0.3) is 6.43 Å². The number of aryl methyl sites for hydroxylation is 1. The molecule has 0 spiro atoms.